The first kappa shape index (κ1) is 15.2. The summed E-state index contributed by atoms with van der Waals surface area (Å²) >= 11 is 0. The summed E-state index contributed by atoms with van der Waals surface area (Å²) in [5.41, 5.74) is 3.57. The van der Waals surface area contributed by atoms with Crippen molar-refractivity contribution in [2.45, 2.75) is 25.7 Å². The van der Waals surface area contributed by atoms with E-state index in [1.807, 2.05) is 43.7 Å². The van der Waals surface area contributed by atoms with Crippen LogP contribution in [0.4, 0.5) is 0 Å². The van der Waals surface area contributed by atoms with Gasteiger partial charge in [-0.2, -0.15) is 0 Å². The lowest BCUT2D eigenvalue weighted by Crippen LogP contribution is -2.38. The lowest BCUT2D eigenvalue weighted by molar-refractivity contribution is 0.00744. The minimum atomic E-state index is -0.464. The first-order valence-corrected chi connectivity index (χ1v) is 7.73. The number of imidazole rings is 1. The fraction of sp³-hybridized carbons (Fsp3) is 0.471. The van der Waals surface area contributed by atoms with Crippen LogP contribution >= 0.6 is 0 Å². The Labute approximate surface area is 131 Å². The maximum Gasteiger partial charge on any atom is 0.0949 e. The molecule has 2 heterocycles. The molecule has 118 valence electrons. The predicted octanol–water partition coefficient (Wildman–Crippen LogP) is 1.36. The van der Waals surface area contributed by atoms with Crippen molar-refractivity contribution in [3.05, 3.63) is 53.6 Å². The van der Waals surface area contributed by atoms with Gasteiger partial charge in [-0.3, -0.25) is 4.90 Å². The van der Waals surface area contributed by atoms with Crippen molar-refractivity contribution >= 4 is 0 Å². The molecule has 1 aliphatic rings. The molecule has 3 rings (SSSR count). The van der Waals surface area contributed by atoms with Gasteiger partial charge in [-0.15, -0.1) is 0 Å². The van der Waals surface area contributed by atoms with E-state index in [1.165, 1.54) is 5.69 Å². The van der Waals surface area contributed by atoms with Gasteiger partial charge in [0.15, 0.2) is 0 Å². The summed E-state index contributed by atoms with van der Waals surface area (Å²) in [5, 5.41) is 10.1. The van der Waals surface area contributed by atoms with Gasteiger partial charge in [-0.05, 0) is 5.56 Å². The molecule has 1 N–H and O–H groups in total. The zero-order chi connectivity index (χ0) is 15.4. The van der Waals surface area contributed by atoms with Crippen LogP contribution in [0.1, 0.15) is 17.0 Å². The van der Waals surface area contributed by atoms with Gasteiger partial charge in [0.1, 0.15) is 0 Å². The highest BCUT2D eigenvalue weighted by Gasteiger charge is 2.21. The lowest BCUT2D eigenvalue weighted by atomic mass is 10.1. The molecule has 22 heavy (non-hydrogen) atoms. The van der Waals surface area contributed by atoms with Gasteiger partial charge in [-0.25, -0.2) is 4.98 Å². The number of rotatable bonds is 6. The van der Waals surface area contributed by atoms with Crippen LogP contribution in [0.3, 0.4) is 0 Å². The number of hydrogen-bond donors (Lipinski definition) is 1. The van der Waals surface area contributed by atoms with Gasteiger partial charge in [0.05, 0.1) is 31.3 Å². The first-order chi connectivity index (χ1) is 10.7. The van der Waals surface area contributed by atoms with Crippen LogP contribution in [0.25, 0.3) is 0 Å². The van der Waals surface area contributed by atoms with Gasteiger partial charge in [0.25, 0.3) is 0 Å². The smallest absolute Gasteiger partial charge is 0.0949 e. The van der Waals surface area contributed by atoms with Gasteiger partial charge in [0, 0.05) is 38.8 Å². The summed E-state index contributed by atoms with van der Waals surface area (Å²) in [7, 11) is 2.04. The van der Waals surface area contributed by atoms with Gasteiger partial charge >= 0.3 is 0 Å². The molecule has 1 aromatic carbocycles. The maximum atomic E-state index is 10.1. The van der Waals surface area contributed by atoms with Crippen molar-refractivity contribution in [2.24, 2.45) is 7.05 Å². The average Bonchev–Trinajstić information content (AvgIpc) is 2.89. The highest BCUT2D eigenvalue weighted by molar-refractivity contribution is 5.16. The van der Waals surface area contributed by atoms with E-state index >= 15 is 0 Å². The molecular formula is C17H23N3O2. The van der Waals surface area contributed by atoms with Crippen LogP contribution in [0.5, 0.6) is 0 Å². The van der Waals surface area contributed by atoms with E-state index in [4.69, 9.17) is 4.74 Å². The number of aliphatic hydroxyl groups is 1. The Hall–Kier alpha value is -1.69. The Bertz CT molecular complexity index is 597. The SMILES string of the molecule is Cn1cnc2c1CCN(C[C@H](O)COCc1ccccc1)C2. The third kappa shape index (κ3) is 3.74. The molecular weight excluding hydrogens is 278 g/mol. The van der Waals surface area contributed by atoms with Gasteiger partial charge in [0.2, 0.25) is 0 Å². The topological polar surface area (TPSA) is 50.5 Å². The number of β-amino-alcohol motifs (C(OH)–C–C–N with tert-alkyl or cyclic N) is 1. The van der Waals surface area contributed by atoms with E-state index < -0.39 is 6.10 Å². The van der Waals surface area contributed by atoms with Crippen molar-refractivity contribution in [3.63, 3.8) is 0 Å². The molecule has 0 fully saturated rings. The highest BCUT2D eigenvalue weighted by atomic mass is 16.5. The molecule has 0 bridgehead atoms. The number of nitrogens with zero attached hydrogens (tertiary/aromatic N) is 3. The van der Waals surface area contributed by atoms with E-state index in [0.717, 1.165) is 30.8 Å². The number of fused-ring (bicyclic) bond motifs is 1. The molecule has 5 nitrogen and oxygen atoms in total. The Morgan fingerprint density at radius 3 is 2.95 bits per heavy atom. The van der Waals surface area contributed by atoms with Crippen LogP contribution in [0.2, 0.25) is 0 Å². The quantitative estimate of drug-likeness (QED) is 0.875. The number of hydrogen-bond acceptors (Lipinski definition) is 4. The van der Waals surface area contributed by atoms with Crippen molar-refractivity contribution in [1.29, 1.82) is 0 Å². The monoisotopic (exact) mass is 301 g/mol. The molecule has 0 amide bonds. The number of aromatic nitrogens is 2. The standard InChI is InChI=1S/C17H23N3O2/c1-19-13-18-16-10-20(8-7-17(16)19)9-15(21)12-22-11-14-5-3-2-4-6-14/h2-6,13,15,21H,7-12H2,1H3/t15-/m0/s1. The zero-order valence-electron chi connectivity index (χ0n) is 13.0. The highest BCUT2D eigenvalue weighted by Crippen LogP contribution is 2.17. The van der Waals surface area contributed by atoms with Gasteiger partial charge in [-0.1, -0.05) is 30.3 Å². The summed E-state index contributed by atoms with van der Waals surface area (Å²) < 4.78 is 7.69. The fourth-order valence-corrected chi connectivity index (χ4v) is 2.91. The summed E-state index contributed by atoms with van der Waals surface area (Å²) in [6.45, 7) is 3.31. The molecule has 0 aliphatic carbocycles. The van der Waals surface area contributed by atoms with Gasteiger partial charge < -0.3 is 14.4 Å². The Kier molecular flexibility index (Phi) is 4.87. The number of benzene rings is 1. The average molecular weight is 301 g/mol. The van der Waals surface area contributed by atoms with E-state index in [0.29, 0.717) is 19.8 Å². The van der Waals surface area contributed by atoms with Crippen LogP contribution in [-0.2, 0) is 31.4 Å². The second-order valence-corrected chi connectivity index (χ2v) is 5.89. The molecule has 2 aromatic rings. The van der Waals surface area contributed by atoms with E-state index in [-0.39, 0.29) is 0 Å². The molecule has 1 aliphatic heterocycles. The summed E-state index contributed by atoms with van der Waals surface area (Å²) in [4.78, 5) is 6.67. The normalized spacial score (nSPS) is 16.5. The van der Waals surface area contributed by atoms with Crippen LogP contribution in [0, 0.1) is 0 Å². The predicted molar refractivity (Wildman–Crippen MR) is 84.3 cm³/mol. The third-order valence-electron chi connectivity index (χ3n) is 4.07. The molecule has 0 saturated heterocycles. The molecule has 0 saturated carbocycles. The van der Waals surface area contributed by atoms with E-state index in [2.05, 4.69) is 14.5 Å². The Morgan fingerprint density at radius 1 is 1.32 bits per heavy atom. The lowest BCUT2D eigenvalue weighted by Gasteiger charge is -2.28. The Morgan fingerprint density at radius 2 is 2.14 bits per heavy atom. The van der Waals surface area contributed by atoms with Crippen LogP contribution in [0.15, 0.2) is 36.7 Å². The largest absolute Gasteiger partial charge is 0.389 e. The molecule has 0 radical (unpaired) electrons. The van der Waals surface area contributed by atoms with Crippen LogP contribution in [-0.4, -0.2) is 45.4 Å². The molecule has 0 spiro atoms. The van der Waals surface area contributed by atoms with Crippen molar-refractivity contribution in [1.82, 2.24) is 14.5 Å². The molecule has 1 atom stereocenters. The summed E-state index contributed by atoms with van der Waals surface area (Å²) in [6.07, 6.45) is 2.39. The number of aryl methyl sites for hydroxylation is 1. The molecule has 0 unspecified atom stereocenters. The van der Waals surface area contributed by atoms with Crippen molar-refractivity contribution < 1.29 is 9.84 Å². The molecule has 1 aromatic heterocycles. The van der Waals surface area contributed by atoms with Crippen molar-refractivity contribution in [3.8, 4) is 0 Å². The minimum absolute atomic E-state index is 0.362. The minimum Gasteiger partial charge on any atom is -0.389 e. The fourth-order valence-electron chi connectivity index (χ4n) is 2.91. The zero-order valence-corrected chi connectivity index (χ0v) is 13.0. The second-order valence-electron chi connectivity index (χ2n) is 5.89. The van der Waals surface area contributed by atoms with E-state index in [1.54, 1.807) is 0 Å². The van der Waals surface area contributed by atoms with Crippen molar-refractivity contribution in [2.75, 3.05) is 19.7 Å². The van der Waals surface area contributed by atoms with Crippen LogP contribution < -0.4 is 0 Å². The summed E-state index contributed by atoms with van der Waals surface area (Å²) in [6, 6.07) is 10.0. The Balaban J connectivity index is 1.42. The first-order valence-electron chi connectivity index (χ1n) is 7.73. The van der Waals surface area contributed by atoms with E-state index in [9.17, 15) is 5.11 Å². The number of aliphatic hydroxyl groups excluding tert-OH is 1. The number of ether oxygens (including phenoxy) is 1. The third-order valence-corrected chi connectivity index (χ3v) is 4.07. The second kappa shape index (κ2) is 7.05. The molecule has 5 heteroatoms. The maximum absolute atomic E-state index is 10.1. The summed E-state index contributed by atoms with van der Waals surface area (Å²) in [5.74, 6) is 0.